The SMILES string of the molecule is COC(=O)c1cccc(NC(=O)c2cccc(N)c2F)c1F. The van der Waals surface area contributed by atoms with Crippen LogP contribution in [0.3, 0.4) is 0 Å². The molecule has 2 aromatic carbocycles. The van der Waals surface area contributed by atoms with E-state index < -0.39 is 23.5 Å². The number of hydrogen-bond donors (Lipinski definition) is 2. The second-order valence-electron chi connectivity index (χ2n) is 4.32. The molecule has 0 saturated carbocycles. The van der Waals surface area contributed by atoms with Crippen molar-refractivity contribution in [3.8, 4) is 0 Å². The predicted molar refractivity (Wildman–Crippen MR) is 76.5 cm³/mol. The molecule has 0 aliphatic carbocycles. The number of benzene rings is 2. The minimum atomic E-state index is -0.966. The summed E-state index contributed by atoms with van der Waals surface area (Å²) in [6.07, 6.45) is 0. The maximum Gasteiger partial charge on any atom is 0.340 e. The van der Waals surface area contributed by atoms with E-state index in [9.17, 15) is 18.4 Å². The Morgan fingerprint density at radius 3 is 2.36 bits per heavy atom. The van der Waals surface area contributed by atoms with Gasteiger partial charge in [-0.2, -0.15) is 0 Å². The normalized spacial score (nSPS) is 10.1. The summed E-state index contributed by atoms with van der Waals surface area (Å²) in [6, 6.07) is 7.71. The molecule has 5 nitrogen and oxygen atoms in total. The number of rotatable bonds is 3. The summed E-state index contributed by atoms with van der Waals surface area (Å²) in [5.41, 5.74) is 4.24. The van der Waals surface area contributed by atoms with Gasteiger partial charge in [-0.3, -0.25) is 4.79 Å². The zero-order chi connectivity index (χ0) is 16.3. The third-order valence-corrected chi connectivity index (χ3v) is 2.93. The molecule has 7 heteroatoms. The van der Waals surface area contributed by atoms with Gasteiger partial charge < -0.3 is 15.8 Å². The van der Waals surface area contributed by atoms with Crippen molar-refractivity contribution < 1.29 is 23.1 Å². The Labute approximate surface area is 124 Å². The smallest absolute Gasteiger partial charge is 0.340 e. The molecule has 22 heavy (non-hydrogen) atoms. The van der Waals surface area contributed by atoms with Crippen molar-refractivity contribution in [2.24, 2.45) is 0 Å². The van der Waals surface area contributed by atoms with Crippen LogP contribution in [0.1, 0.15) is 20.7 Å². The topological polar surface area (TPSA) is 81.4 Å². The van der Waals surface area contributed by atoms with Gasteiger partial charge in [0.15, 0.2) is 11.6 Å². The van der Waals surface area contributed by atoms with Crippen LogP contribution in [0.15, 0.2) is 36.4 Å². The van der Waals surface area contributed by atoms with E-state index in [4.69, 9.17) is 5.73 Å². The fourth-order valence-corrected chi connectivity index (χ4v) is 1.81. The largest absolute Gasteiger partial charge is 0.465 e. The van der Waals surface area contributed by atoms with Gasteiger partial charge in [0.2, 0.25) is 0 Å². The first-order valence-electron chi connectivity index (χ1n) is 6.18. The van der Waals surface area contributed by atoms with Crippen molar-refractivity contribution in [2.75, 3.05) is 18.2 Å². The van der Waals surface area contributed by atoms with E-state index in [-0.39, 0.29) is 22.5 Å². The molecule has 0 aromatic heterocycles. The Balaban J connectivity index is 2.33. The van der Waals surface area contributed by atoms with Gasteiger partial charge in [-0.15, -0.1) is 0 Å². The van der Waals surface area contributed by atoms with E-state index in [0.29, 0.717) is 0 Å². The first-order valence-corrected chi connectivity index (χ1v) is 6.18. The molecule has 0 aliphatic heterocycles. The number of nitrogens with two attached hydrogens (primary N) is 1. The minimum absolute atomic E-state index is 0.198. The maximum atomic E-state index is 14.1. The van der Waals surface area contributed by atoms with Crippen molar-refractivity contribution in [1.29, 1.82) is 0 Å². The highest BCUT2D eigenvalue weighted by atomic mass is 19.1. The van der Waals surface area contributed by atoms with Gasteiger partial charge >= 0.3 is 5.97 Å². The number of hydrogen-bond acceptors (Lipinski definition) is 4. The first kappa shape index (κ1) is 15.4. The summed E-state index contributed by atoms with van der Waals surface area (Å²) < 4.78 is 32.3. The fraction of sp³-hybridized carbons (Fsp3) is 0.0667. The summed E-state index contributed by atoms with van der Waals surface area (Å²) in [7, 11) is 1.11. The average Bonchev–Trinajstić information content (AvgIpc) is 2.51. The predicted octanol–water partition coefficient (Wildman–Crippen LogP) is 2.59. The molecular weight excluding hydrogens is 294 g/mol. The summed E-state index contributed by atoms with van der Waals surface area (Å²) >= 11 is 0. The third-order valence-electron chi connectivity index (χ3n) is 2.93. The zero-order valence-corrected chi connectivity index (χ0v) is 11.5. The molecule has 2 aromatic rings. The van der Waals surface area contributed by atoms with Crippen molar-refractivity contribution in [3.05, 3.63) is 59.2 Å². The number of amides is 1. The van der Waals surface area contributed by atoms with Gasteiger partial charge in [0.1, 0.15) is 0 Å². The number of nitrogen functional groups attached to an aromatic ring is 1. The van der Waals surface area contributed by atoms with Crippen LogP contribution in [0.25, 0.3) is 0 Å². The van der Waals surface area contributed by atoms with E-state index in [0.717, 1.165) is 7.11 Å². The summed E-state index contributed by atoms with van der Waals surface area (Å²) in [5, 5.41) is 2.20. The second kappa shape index (κ2) is 6.21. The summed E-state index contributed by atoms with van der Waals surface area (Å²) in [4.78, 5) is 23.4. The van der Waals surface area contributed by atoms with Gasteiger partial charge in [0, 0.05) is 0 Å². The Kier molecular flexibility index (Phi) is 4.36. The van der Waals surface area contributed by atoms with Crippen molar-refractivity contribution in [2.45, 2.75) is 0 Å². The second-order valence-corrected chi connectivity index (χ2v) is 4.32. The Hall–Kier alpha value is -2.96. The number of halogens is 2. The molecule has 0 fully saturated rings. The quantitative estimate of drug-likeness (QED) is 0.674. The molecule has 0 spiro atoms. The highest BCUT2D eigenvalue weighted by Crippen LogP contribution is 2.21. The van der Waals surface area contributed by atoms with Crippen molar-refractivity contribution in [1.82, 2.24) is 0 Å². The molecule has 0 bridgehead atoms. The van der Waals surface area contributed by atoms with E-state index in [1.54, 1.807) is 0 Å². The number of esters is 1. The molecule has 1 amide bonds. The van der Waals surface area contributed by atoms with Crippen LogP contribution in [-0.4, -0.2) is 19.0 Å². The molecule has 0 heterocycles. The highest BCUT2D eigenvalue weighted by Gasteiger charge is 2.19. The van der Waals surface area contributed by atoms with E-state index >= 15 is 0 Å². The standard InChI is InChI=1S/C15H12F2N2O3/c1-22-15(21)9-5-3-7-11(13(9)17)19-14(20)8-4-2-6-10(18)12(8)16/h2-7H,18H2,1H3,(H,19,20). The Morgan fingerprint density at radius 2 is 1.68 bits per heavy atom. The van der Waals surface area contributed by atoms with Crippen LogP contribution in [0.4, 0.5) is 20.2 Å². The summed E-state index contributed by atoms with van der Waals surface area (Å²) in [6.45, 7) is 0. The average molecular weight is 306 g/mol. The number of carbonyl (C=O) groups is 2. The molecule has 0 unspecified atom stereocenters. The zero-order valence-electron chi connectivity index (χ0n) is 11.5. The molecule has 0 radical (unpaired) electrons. The van der Waals surface area contributed by atoms with E-state index in [2.05, 4.69) is 10.1 Å². The molecule has 0 atom stereocenters. The van der Waals surface area contributed by atoms with Gasteiger partial charge in [-0.05, 0) is 24.3 Å². The highest BCUT2D eigenvalue weighted by molar-refractivity contribution is 6.05. The van der Waals surface area contributed by atoms with Crippen LogP contribution >= 0.6 is 0 Å². The lowest BCUT2D eigenvalue weighted by Gasteiger charge is -2.10. The van der Waals surface area contributed by atoms with Gasteiger partial charge in [0.25, 0.3) is 5.91 Å². The van der Waals surface area contributed by atoms with Crippen LogP contribution in [0.5, 0.6) is 0 Å². The Bertz CT molecular complexity index is 748. The van der Waals surface area contributed by atoms with Crippen molar-refractivity contribution in [3.63, 3.8) is 0 Å². The van der Waals surface area contributed by atoms with E-state index in [1.807, 2.05) is 0 Å². The van der Waals surface area contributed by atoms with Gasteiger partial charge in [-0.25, -0.2) is 13.6 Å². The van der Waals surface area contributed by atoms with Crippen LogP contribution in [0.2, 0.25) is 0 Å². The van der Waals surface area contributed by atoms with Crippen LogP contribution < -0.4 is 11.1 Å². The molecule has 0 saturated heterocycles. The van der Waals surface area contributed by atoms with Gasteiger partial charge in [-0.1, -0.05) is 12.1 Å². The lowest BCUT2D eigenvalue weighted by atomic mass is 10.1. The lowest BCUT2D eigenvalue weighted by molar-refractivity contribution is 0.0595. The number of carbonyl (C=O) groups excluding carboxylic acids is 2. The maximum absolute atomic E-state index is 14.1. The number of nitrogens with one attached hydrogen (secondary N) is 1. The van der Waals surface area contributed by atoms with Crippen LogP contribution in [0, 0.1) is 11.6 Å². The first-order chi connectivity index (χ1) is 10.5. The number of ether oxygens (including phenoxy) is 1. The molecule has 114 valence electrons. The summed E-state index contributed by atoms with van der Waals surface area (Å²) in [5.74, 6) is -3.63. The minimum Gasteiger partial charge on any atom is -0.465 e. The molecule has 0 aliphatic rings. The molecule has 2 rings (SSSR count). The van der Waals surface area contributed by atoms with Gasteiger partial charge in [0.05, 0.1) is 29.6 Å². The number of anilines is 2. The van der Waals surface area contributed by atoms with E-state index in [1.165, 1.54) is 36.4 Å². The third kappa shape index (κ3) is 2.88. The lowest BCUT2D eigenvalue weighted by Crippen LogP contribution is -2.16. The monoisotopic (exact) mass is 306 g/mol. The van der Waals surface area contributed by atoms with Crippen molar-refractivity contribution >= 4 is 23.3 Å². The molecular formula is C15H12F2N2O3. The fourth-order valence-electron chi connectivity index (χ4n) is 1.81. The number of methoxy groups -OCH3 is 1. The molecule has 3 N–H and O–H groups in total. The Morgan fingerprint density at radius 1 is 1.05 bits per heavy atom. The van der Waals surface area contributed by atoms with Crippen LogP contribution in [-0.2, 0) is 4.74 Å².